The van der Waals surface area contributed by atoms with Crippen LogP contribution in [-0.2, 0) is 4.79 Å². The second kappa shape index (κ2) is 8.67. The average Bonchev–Trinajstić information content (AvgIpc) is 2.46. The number of nitrogens with one attached hydrogen (secondary N) is 1. The summed E-state index contributed by atoms with van der Waals surface area (Å²) < 4.78 is 0. The minimum absolute atomic E-state index is 0.108. The van der Waals surface area contributed by atoms with E-state index in [1.54, 1.807) is 0 Å². The van der Waals surface area contributed by atoms with Gasteiger partial charge in [-0.25, -0.2) is 0 Å². The van der Waals surface area contributed by atoms with Crippen LogP contribution in [0.5, 0.6) is 0 Å². The van der Waals surface area contributed by atoms with E-state index in [1.165, 1.54) is 0 Å². The highest BCUT2D eigenvalue weighted by molar-refractivity contribution is 5.76. The first-order valence-electron chi connectivity index (χ1n) is 7.76. The molecule has 0 saturated carbocycles. The maximum absolute atomic E-state index is 12.0. The minimum atomic E-state index is 0.108. The number of carbonyl (C=O) groups is 1. The molecule has 0 aliphatic heterocycles. The molecule has 0 heterocycles. The number of nitrogen functional groups attached to an aromatic ring is 1. The SMILES string of the molecule is CCC(C)N(C)CCNC(=O)CC(C)c1ccc(N)cc1. The summed E-state index contributed by atoms with van der Waals surface area (Å²) in [5, 5.41) is 3.00. The summed E-state index contributed by atoms with van der Waals surface area (Å²) in [5.41, 5.74) is 7.58. The van der Waals surface area contributed by atoms with Crippen LogP contribution < -0.4 is 11.1 Å². The first-order valence-corrected chi connectivity index (χ1v) is 7.76. The topological polar surface area (TPSA) is 58.4 Å². The maximum Gasteiger partial charge on any atom is 0.220 e. The van der Waals surface area contributed by atoms with Crippen molar-refractivity contribution in [2.45, 2.75) is 45.6 Å². The van der Waals surface area contributed by atoms with Gasteiger partial charge in [-0.2, -0.15) is 0 Å². The fourth-order valence-electron chi connectivity index (χ4n) is 2.20. The smallest absolute Gasteiger partial charge is 0.220 e. The molecule has 0 fully saturated rings. The van der Waals surface area contributed by atoms with Gasteiger partial charge in [0.2, 0.25) is 5.91 Å². The molecular formula is C17H29N3O. The number of nitrogens with two attached hydrogens (primary N) is 1. The Morgan fingerprint density at radius 1 is 1.29 bits per heavy atom. The molecule has 118 valence electrons. The van der Waals surface area contributed by atoms with Gasteiger partial charge >= 0.3 is 0 Å². The molecule has 0 spiro atoms. The van der Waals surface area contributed by atoms with Crippen molar-refractivity contribution < 1.29 is 4.79 Å². The lowest BCUT2D eigenvalue weighted by atomic mass is 9.97. The van der Waals surface area contributed by atoms with Crippen LogP contribution >= 0.6 is 0 Å². The number of hydrogen-bond acceptors (Lipinski definition) is 3. The van der Waals surface area contributed by atoms with Gasteiger partial charge in [0.05, 0.1) is 0 Å². The normalized spacial score (nSPS) is 14.0. The van der Waals surface area contributed by atoms with Gasteiger partial charge in [0, 0.05) is 31.2 Å². The Hall–Kier alpha value is -1.55. The predicted molar refractivity (Wildman–Crippen MR) is 89.3 cm³/mol. The van der Waals surface area contributed by atoms with Gasteiger partial charge in [0.15, 0.2) is 0 Å². The monoisotopic (exact) mass is 291 g/mol. The highest BCUT2D eigenvalue weighted by Crippen LogP contribution is 2.19. The van der Waals surface area contributed by atoms with Crippen LogP contribution in [-0.4, -0.2) is 37.0 Å². The highest BCUT2D eigenvalue weighted by Gasteiger charge is 2.12. The lowest BCUT2D eigenvalue weighted by Gasteiger charge is -2.23. The molecule has 2 atom stereocenters. The number of amides is 1. The van der Waals surface area contributed by atoms with E-state index < -0.39 is 0 Å². The summed E-state index contributed by atoms with van der Waals surface area (Å²) >= 11 is 0. The Morgan fingerprint density at radius 2 is 1.90 bits per heavy atom. The van der Waals surface area contributed by atoms with Gasteiger partial charge in [-0.15, -0.1) is 0 Å². The van der Waals surface area contributed by atoms with Crippen molar-refractivity contribution in [1.82, 2.24) is 10.2 Å². The van der Waals surface area contributed by atoms with E-state index in [4.69, 9.17) is 5.73 Å². The molecule has 0 bridgehead atoms. The van der Waals surface area contributed by atoms with Crippen LogP contribution in [0.15, 0.2) is 24.3 Å². The van der Waals surface area contributed by atoms with Crippen molar-refractivity contribution in [3.8, 4) is 0 Å². The van der Waals surface area contributed by atoms with Gasteiger partial charge in [0.1, 0.15) is 0 Å². The third-order valence-electron chi connectivity index (χ3n) is 4.13. The maximum atomic E-state index is 12.0. The molecule has 0 saturated heterocycles. The summed E-state index contributed by atoms with van der Waals surface area (Å²) in [5.74, 6) is 0.315. The van der Waals surface area contributed by atoms with E-state index in [-0.39, 0.29) is 11.8 Å². The molecule has 1 amide bonds. The second-order valence-corrected chi connectivity index (χ2v) is 5.86. The Morgan fingerprint density at radius 3 is 2.48 bits per heavy atom. The Balaban J connectivity index is 2.31. The lowest BCUT2D eigenvalue weighted by Crippen LogP contribution is -2.37. The number of benzene rings is 1. The van der Waals surface area contributed by atoms with Crippen molar-refractivity contribution >= 4 is 11.6 Å². The average molecular weight is 291 g/mol. The third kappa shape index (κ3) is 6.17. The standard InChI is InChI=1S/C17H29N3O/c1-5-14(3)20(4)11-10-19-17(21)12-13(2)15-6-8-16(18)9-7-15/h6-9,13-14H,5,10-12,18H2,1-4H3,(H,19,21). The van der Waals surface area contributed by atoms with Crippen molar-refractivity contribution in [3.63, 3.8) is 0 Å². The first-order chi connectivity index (χ1) is 9.93. The van der Waals surface area contributed by atoms with Gasteiger partial charge in [-0.1, -0.05) is 26.0 Å². The molecule has 4 nitrogen and oxygen atoms in total. The van der Waals surface area contributed by atoms with Crippen molar-refractivity contribution in [3.05, 3.63) is 29.8 Å². The van der Waals surface area contributed by atoms with Crippen molar-refractivity contribution in [1.29, 1.82) is 0 Å². The van der Waals surface area contributed by atoms with Crippen molar-refractivity contribution in [2.24, 2.45) is 0 Å². The number of nitrogens with zero attached hydrogens (tertiary/aromatic N) is 1. The molecule has 4 heteroatoms. The van der Waals surface area contributed by atoms with Gasteiger partial charge in [0.25, 0.3) is 0 Å². The van der Waals surface area contributed by atoms with E-state index in [9.17, 15) is 4.79 Å². The van der Waals surface area contributed by atoms with E-state index in [0.717, 1.165) is 24.2 Å². The summed E-state index contributed by atoms with van der Waals surface area (Å²) in [4.78, 5) is 14.2. The second-order valence-electron chi connectivity index (χ2n) is 5.86. The van der Waals surface area contributed by atoms with Crippen molar-refractivity contribution in [2.75, 3.05) is 25.9 Å². The first kappa shape index (κ1) is 17.5. The van der Waals surface area contributed by atoms with E-state index >= 15 is 0 Å². The summed E-state index contributed by atoms with van der Waals surface area (Å²) in [6.07, 6.45) is 1.63. The van der Waals surface area contributed by atoms with Crippen LogP contribution in [0.2, 0.25) is 0 Å². The fourth-order valence-corrected chi connectivity index (χ4v) is 2.20. The largest absolute Gasteiger partial charge is 0.399 e. The van der Waals surface area contributed by atoms with E-state index in [0.29, 0.717) is 19.0 Å². The zero-order valence-corrected chi connectivity index (χ0v) is 13.7. The van der Waals surface area contributed by atoms with Crippen LogP contribution in [0.3, 0.4) is 0 Å². The van der Waals surface area contributed by atoms with Crippen LogP contribution in [0.25, 0.3) is 0 Å². The molecule has 1 aromatic carbocycles. The molecule has 0 aliphatic rings. The van der Waals surface area contributed by atoms with Gasteiger partial charge in [-0.3, -0.25) is 4.79 Å². The van der Waals surface area contributed by atoms with Gasteiger partial charge in [-0.05, 0) is 44.0 Å². The number of anilines is 1. The van der Waals surface area contributed by atoms with Crippen LogP contribution in [0.1, 0.15) is 45.1 Å². The molecule has 1 aromatic rings. The number of rotatable bonds is 8. The molecule has 1 rings (SSSR count). The van der Waals surface area contributed by atoms with Crippen LogP contribution in [0, 0.1) is 0 Å². The minimum Gasteiger partial charge on any atom is -0.399 e. The predicted octanol–water partition coefficient (Wildman–Crippen LogP) is 2.61. The Kier molecular flexibility index (Phi) is 7.23. The van der Waals surface area contributed by atoms with Gasteiger partial charge < -0.3 is 16.0 Å². The molecule has 0 aliphatic carbocycles. The number of carbonyl (C=O) groups excluding carboxylic acids is 1. The molecule has 21 heavy (non-hydrogen) atoms. The van der Waals surface area contributed by atoms with E-state index in [1.807, 2.05) is 24.3 Å². The summed E-state index contributed by atoms with van der Waals surface area (Å²) in [6, 6.07) is 8.29. The zero-order chi connectivity index (χ0) is 15.8. The third-order valence-corrected chi connectivity index (χ3v) is 4.13. The zero-order valence-electron chi connectivity index (χ0n) is 13.7. The van der Waals surface area contributed by atoms with E-state index in [2.05, 4.69) is 38.0 Å². The Labute approximate surface area is 128 Å². The lowest BCUT2D eigenvalue weighted by molar-refractivity contribution is -0.121. The van der Waals surface area contributed by atoms with Crippen LogP contribution in [0.4, 0.5) is 5.69 Å². The molecule has 0 aromatic heterocycles. The number of hydrogen-bond donors (Lipinski definition) is 2. The molecule has 3 N–H and O–H groups in total. The summed E-state index contributed by atoms with van der Waals surface area (Å²) in [6.45, 7) is 8.03. The Bertz CT molecular complexity index is 430. The summed E-state index contributed by atoms with van der Waals surface area (Å²) in [7, 11) is 2.09. The quantitative estimate of drug-likeness (QED) is 0.724. The highest BCUT2D eigenvalue weighted by atomic mass is 16.1. The molecule has 2 unspecified atom stereocenters. The number of likely N-dealkylation sites (N-methyl/N-ethyl adjacent to an activating group) is 1. The molecular weight excluding hydrogens is 262 g/mol. The molecule has 0 radical (unpaired) electrons. The fraction of sp³-hybridized carbons (Fsp3) is 0.588.